The number of methoxy groups -OCH3 is 1. The first-order valence-electron chi connectivity index (χ1n) is 9.97. The number of nitrogens with one attached hydrogen (secondary N) is 1. The van der Waals surface area contributed by atoms with E-state index in [-0.39, 0.29) is 17.9 Å². The average Bonchev–Trinajstić information content (AvgIpc) is 3.31. The summed E-state index contributed by atoms with van der Waals surface area (Å²) in [4.78, 5) is 30.9. The lowest BCUT2D eigenvalue weighted by Crippen LogP contribution is -2.30. The third-order valence-electron chi connectivity index (χ3n) is 4.99. The number of thiazole rings is 1. The highest BCUT2D eigenvalue weighted by molar-refractivity contribution is 7.15. The molecular formula is C22H22ClN5O3S. The number of aryl methyl sites for hydroxylation is 2. The first-order chi connectivity index (χ1) is 15.4. The molecule has 1 amide bonds. The average molecular weight is 472 g/mol. The Morgan fingerprint density at radius 2 is 2.09 bits per heavy atom. The summed E-state index contributed by atoms with van der Waals surface area (Å²) in [6.45, 7) is 4.54. The second-order valence-electron chi connectivity index (χ2n) is 7.30. The maximum Gasteiger partial charge on any atom is 0.268 e. The fraction of sp³-hybridized carbons (Fsp3) is 0.273. The van der Waals surface area contributed by atoms with Crippen LogP contribution >= 0.6 is 22.9 Å². The lowest BCUT2D eigenvalue weighted by atomic mass is 10.1. The van der Waals surface area contributed by atoms with Crippen LogP contribution in [0.3, 0.4) is 0 Å². The van der Waals surface area contributed by atoms with Crippen LogP contribution in [0.2, 0.25) is 5.02 Å². The van der Waals surface area contributed by atoms with Crippen LogP contribution in [0.5, 0.6) is 0 Å². The van der Waals surface area contributed by atoms with Crippen molar-refractivity contribution in [1.29, 1.82) is 0 Å². The molecule has 4 rings (SSSR count). The van der Waals surface area contributed by atoms with Crippen molar-refractivity contribution in [2.75, 3.05) is 20.3 Å². The topological polar surface area (TPSA) is 90.5 Å². The summed E-state index contributed by atoms with van der Waals surface area (Å²) in [5.41, 5.74) is 3.52. The predicted octanol–water partition coefficient (Wildman–Crippen LogP) is 3.18. The molecule has 0 bridgehead atoms. The van der Waals surface area contributed by atoms with E-state index in [1.807, 2.05) is 31.2 Å². The molecule has 0 fully saturated rings. The van der Waals surface area contributed by atoms with Crippen LogP contribution in [0.4, 0.5) is 0 Å². The summed E-state index contributed by atoms with van der Waals surface area (Å²) < 4.78 is 8.19. The first kappa shape index (κ1) is 22.2. The number of fused-ring (bicyclic) bond motifs is 1. The molecular weight excluding hydrogens is 450 g/mol. The number of carbonyl (C=O) groups is 1. The van der Waals surface area contributed by atoms with Crippen molar-refractivity contribution in [3.63, 3.8) is 0 Å². The Labute approximate surface area is 193 Å². The Hall–Kier alpha value is -3.01. The summed E-state index contributed by atoms with van der Waals surface area (Å²) >= 11 is 7.46. The Balaban J connectivity index is 1.75. The van der Waals surface area contributed by atoms with Crippen LogP contribution in [-0.4, -0.2) is 45.3 Å². The van der Waals surface area contributed by atoms with Gasteiger partial charge in [-0.25, -0.2) is 9.67 Å². The molecule has 10 heteroatoms. The molecule has 3 heterocycles. The van der Waals surface area contributed by atoms with Crippen molar-refractivity contribution >= 4 is 33.8 Å². The molecule has 32 heavy (non-hydrogen) atoms. The molecule has 0 saturated heterocycles. The van der Waals surface area contributed by atoms with Crippen LogP contribution in [0.15, 0.2) is 40.5 Å². The minimum Gasteiger partial charge on any atom is -0.383 e. The van der Waals surface area contributed by atoms with E-state index in [1.54, 1.807) is 30.2 Å². The van der Waals surface area contributed by atoms with Gasteiger partial charge in [-0.05, 0) is 38.1 Å². The third kappa shape index (κ3) is 4.32. The van der Waals surface area contributed by atoms with Crippen molar-refractivity contribution in [2.24, 2.45) is 0 Å². The Bertz CT molecular complexity index is 1360. The molecule has 0 atom stereocenters. The zero-order valence-electron chi connectivity index (χ0n) is 17.9. The molecule has 0 aliphatic heterocycles. The predicted molar refractivity (Wildman–Crippen MR) is 125 cm³/mol. The molecule has 0 aliphatic carbocycles. The number of rotatable bonds is 7. The fourth-order valence-corrected chi connectivity index (χ4v) is 4.62. The summed E-state index contributed by atoms with van der Waals surface area (Å²) in [6.07, 6.45) is 0.0732. The number of nitrogens with zero attached hydrogens (tertiary/aromatic N) is 4. The van der Waals surface area contributed by atoms with Gasteiger partial charge in [0.1, 0.15) is 5.69 Å². The number of amides is 1. The van der Waals surface area contributed by atoms with E-state index in [4.69, 9.17) is 16.3 Å². The number of benzene rings is 1. The van der Waals surface area contributed by atoms with Crippen LogP contribution in [0.1, 0.15) is 17.1 Å². The van der Waals surface area contributed by atoms with E-state index in [0.29, 0.717) is 45.8 Å². The molecule has 0 unspecified atom stereocenters. The number of hydrogen-bond donors (Lipinski definition) is 1. The molecule has 4 aromatic rings. The first-order valence-corrected chi connectivity index (χ1v) is 11.2. The molecule has 0 radical (unpaired) electrons. The van der Waals surface area contributed by atoms with Crippen molar-refractivity contribution in [2.45, 2.75) is 20.3 Å². The van der Waals surface area contributed by atoms with Gasteiger partial charge >= 0.3 is 0 Å². The number of carbonyl (C=O) groups excluding carboxylic acids is 1. The van der Waals surface area contributed by atoms with E-state index in [2.05, 4.69) is 15.4 Å². The Kier molecular flexibility index (Phi) is 6.40. The quantitative estimate of drug-likeness (QED) is 0.418. The normalized spacial score (nSPS) is 11.2. The zero-order chi connectivity index (χ0) is 22.8. The molecule has 3 aromatic heterocycles. The van der Waals surface area contributed by atoms with Crippen LogP contribution in [0, 0.1) is 13.8 Å². The summed E-state index contributed by atoms with van der Waals surface area (Å²) in [5.74, 6) is -0.183. The highest BCUT2D eigenvalue weighted by Crippen LogP contribution is 2.24. The Morgan fingerprint density at radius 1 is 1.28 bits per heavy atom. The van der Waals surface area contributed by atoms with Crippen LogP contribution < -0.4 is 10.9 Å². The van der Waals surface area contributed by atoms with E-state index in [0.717, 1.165) is 11.4 Å². The number of ether oxygens (including phenoxy) is 1. The molecule has 166 valence electrons. The van der Waals surface area contributed by atoms with Gasteiger partial charge in [0.2, 0.25) is 5.91 Å². The van der Waals surface area contributed by atoms with Crippen molar-refractivity contribution in [1.82, 2.24) is 24.5 Å². The third-order valence-corrected chi connectivity index (χ3v) is 6.10. The van der Waals surface area contributed by atoms with Gasteiger partial charge in [-0.2, -0.15) is 5.10 Å². The second kappa shape index (κ2) is 9.23. The highest BCUT2D eigenvalue weighted by atomic mass is 35.5. The second-order valence-corrected chi connectivity index (χ2v) is 8.58. The Morgan fingerprint density at radius 3 is 2.84 bits per heavy atom. The molecule has 1 aromatic carbocycles. The minimum absolute atomic E-state index is 0.0732. The van der Waals surface area contributed by atoms with Gasteiger partial charge in [0, 0.05) is 35.4 Å². The van der Waals surface area contributed by atoms with Gasteiger partial charge in [0.15, 0.2) is 4.96 Å². The standard InChI is InChI=1S/C22H22ClN5O3S/c1-13-9-18(26-28(13)16-6-4-5-15(23)10-16)20-14(2)25-22-27(21(20)30)17(12-32-22)11-19(29)24-7-8-31-3/h4-6,9-10,12H,7-8,11H2,1-3H3,(H,24,29). The van der Waals surface area contributed by atoms with Gasteiger partial charge < -0.3 is 10.1 Å². The molecule has 0 aliphatic rings. The van der Waals surface area contributed by atoms with Crippen molar-refractivity contribution < 1.29 is 9.53 Å². The number of halogens is 1. The van der Waals surface area contributed by atoms with Crippen molar-refractivity contribution in [3.8, 4) is 16.9 Å². The molecule has 8 nitrogen and oxygen atoms in total. The van der Waals surface area contributed by atoms with E-state index < -0.39 is 0 Å². The smallest absolute Gasteiger partial charge is 0.268 e. The fourth-order valence-electron chi connectivity index (χ4n) is 3.51. The van der Waals surface area contributed by atoms with Gasteiger partial charge in [-0.3, -0.25) is 14.0 Å². The van der Waals surface area contributed by atoms with Gasteiger partial charge in [-0.15, -0.1) is 11.3 Å². The van der Waals surface area contributed by atoms with Gasteiger partial charge in [-0.1, -0.05) is 17.7 Å². The summed E-state index contributed by atoms with van der Waals surface area (Å²) in [7, 11) is 1.57. The summed E-state index contributed by atoms with van der Waals surface area (Å²) in [6, 6.07) is 9.20. The minimum atomic E-state index is -0.246. The lowest BCUT2D eigenvalue weighted by Gasteiger charge is -2.07. The highest BCUT2D eigenvalue weighted by Gasteiger charge is 2.20. The lowest BCUT2D eigenvalue weighted by molar-refractivity contribution is -0.120. The van der Waals surface area contributed by atoms with E-state index >= 15 is 0 Å². The van der Waals surface area contributed by atoms with Crippen molar-refractivity contribution in [3.05, 3.63) is 68.2 Å². The van der Waals surface area contributed by atoms with Gasteiger partial charge in [0.25, 0.3) is 5.56 Å². The molecule has 0 spiro atoms. The van der Waals surface area contributed by atoms with Crippen LogP contribution in [-0.2, 0) is 16.0 Å². The molecule has 1 N–H and O–H groups in total. The SMILES string of the molecule is COCCNC(=O)Cc1csc2nc(C)c(-c3cc(C)n(-c4cccc(Cl)c4)n3)c(=O)n12. The maximum absolute atomic E-state index is 13.5. The van der Waals surface area contributed by atoms with Crippen LogP contribution in [0.25, 0.3) is 21.9 Å². The maximum atomic E-state index is 13.5. The van der Waals surface area contributed by atoms with Gasteiger partial charge in [0.05, 0.1) is 30.0 Å². The largest absolute Gasteiger partial charge is 0.383 e. The summed E-state index contributed by atoms with van der Waals surface area (Å²) in [5, 5.41) is 9.83. The number of hydrogen-bond acceptors (Lipinski definition) is 6. The van der Waals surface area contributed by atoms with E-state index in [9.17, 15) is 9.59 Å². The molecule has 0 saturated carbocycles. The van der Waals surface area contributed by atoms with E-state index in [1.165, 1.54) is 15.7 Å². The monoisotopic (exact) mass is 471 g/mol. The zero-order valence-corrected chi connectivity index (χ0v) is 19.5. The number of aromatic nitrogens is 4.